The van der Waals surface area contributed by atoms with Gasteiger partial charge in [-0.15, -0.1) is 11.3 Å². The van der Waals surface area contributed by atoms with E-state index in [2.05, 4.69) is 30.3 Å². The monoisotopic (exact) mass is 391 g/mol. The summed E-state index contributed by atoms with van der Waals surface area (Å²) in [5, 5.41) is 1.96. The molecule has 1 aliphatic heterocycles. The third-order valence-electron chi connectivity index (χ3n) is 5.82. The molecule has 1 amide bonds. The molecule has 4 nitrogen and oxygen atoms in total. The lowest BCUT2D eigenvalue weighted by Crippen LogP contribution is -2.42. The van der Waals surface area contributed by atoms with E-state index in [0.717, 1.165) is 34.8 Å². The summed E-state index contributed by atoms with van der Waals surface area (Å²) in [5.74, 6) is 1.62. The number of methoxy groups -OCH3 is 2. The van der Waals surface area contributed by atoms with Crippen LogP contribution in [-0.4, -0.2) is 31.6 Å². The average molecular weight is 391 g/mol. The van der Waals surface area contributed by atoms with E-state index in [1.54, 1.807) is 14.2 Å². The van der Waals surface area contributed by atoms with Crippen molar-refractivity contribution in [1.82, 2.24) is 4.90 Å². The maximum atomic E-state index is 13.2. The number of nitrogens with zero attached hydrogens (tertiary/aromatic N) is 1. The maximum Gasteiger partial charge on any atom is 0.264 e. The molecule has 5 heteroatoms. The zero-order chi connectivity index (χ0) is 19.3. The van der Waals surface area contributed by atoms with Crippen LogP contribution in [0.5, 0.6) is 11.5 Å². The predicted octanol–water partition coefficient (Wildman–Crippen LogP) is 4.73. The van der Waals surface area contributed by atoms with Gasteiger partial charge in [-0.2, -0.15) is 0 Å². The van der Waals surface area contributed by atoms with Gasteiger partial charge in [-0.25, -0.2) is 0 Å². The van der Waals surface area contributed by atoms with Crippen molar-refractivity contribution >= 4 is 17.2 Å². The van der Waals surface area contributed by atoms with Crippen LogP contribution in [-0.2, 0) is 12.8 Å². The average Bonchev–Trinajstić information content (AvgIpc) is 3.28. The van der Waals surface area contributed by atoms with Crippen molar-refractivity contribution < 1.29 is 14.3 Å². The molecule has 3 aromatic rings. The third kappa shape index (κ3) is 2.46. The number of thiophene rings is 1. The molecule has 0 saturated carbocycles. The zero-order valence-electron chi connectivity index (χ0n) is 15.9. The highest BCUT2D eigenvalue weighted by atomic mass is 32.1. The van der Waals surface area contributed by atoms with Gasteiger partial charge in [0.1, 0.15) is 0 Å². The second kappa shape index (κ2) is 6.67. The van der Waals surface area contributed by atoms with E-state index in [-0.39, 0.29) is 11.9 Å². The number of carbonyl (C=O) groups excluding carboxylic acids is 1. The van der Waals surface area contributed by atoms with Gasteiger partial charge in [-0.1, -0.05) is 30.3 Å². The second-order valence-corrected chi connectivity index (χ2v) is 8.11. The predicted molar refractivity (Wildman–Crippen MR) is 110 cm³/mol. The zero-order valence-corrected chi connectivity index (χ0v) is 16.7. The Morgan fingerprint density at radius 3 is 2.71 bits per heavy atom. The summed E-state index contributed by atoms with van der Waals surface area (Å²) < 4.78 is 11.5. The molecule has 0 spiro atoms. The number of carbonyl (C=O) groups is 1. The van der Waals surface area contributed by atoms with Gasteiger partial charge in [0.15, 0.2) is 11.5 Å². The minimum atomic E-state index is 0.0167. The summed E-state index contributed by atoms with van der Waals surface area (Å²) in [4.78, 5) is 16.1. The fraction of sp³-hybridized carbons (Fsp3) is 0.261. The first-order valence-electron chi connectivity index (χ1n) is 9.43. The Morgan fingerprint density at radius 2 is 1.96 bits per heavy atom. The largest absolute Gasteiger partial charge is 0.493 e. The molecule has 0 unspecified atom stereocenters. The molecule has 0 radical (unpaired) electrons. The van der Waals surface area contributed by atoms with E-state index in [1.807, 2.05) is 22.4 Å². The van der Waals surface area contributed by atoms with Gasteiger partial charge >= 0.3 is 0 Å². The molecular weight excluding hydrogens is 370 g/mol. The molecule has 0 N–H and O–H groups in total. The van der Waals surface area contributed by atoms with Crippen LogP contribution >= 0.6 is 11.3 Å². The molecule has 142 valence electrons. The van der Waals surface area contributed by atoms with Crippen LogP contribution in [0.1, 0.15) is 32.4 Å². The van der Waals surface area contributed by atoms with E-state index in [0.29, 0.717) is 6.54 Å². The van der Waals surface area contributed by atoms with Crippen LogP contribution in [0, 0.1) is 0 Å². The number of ether oxygens (including phenoxy) is 2. The van der Waals surface area contributed by atoms with Gasteiger partial charge in [0.2, 0.25) is 0 Å². The number of hydrogen-bond acceptors (Lipinski definition) is 4. The van der Waals surface area contributed by atoms with Gasteiger partial charge in [0.05, 0.1) is 25.1 Å². The molecule has 1 atom stereocenters. The van der Waals surface area contributed by atoms with Crippen LogP contribution in [0.2, 0.25) is 0 Å². The Hall–Kier alpha value is -2.79. The van der Waals surface area contributed by atoms with E-state index in [9.17, 15) is 4.79 Å². The van der Waals surface area contributed by atoms with Gasteiger partial charge in [0, 0.05) is 12.1 Å². The minimum absolute atomic E-state index is 0.0167. The smallest absolute Gasteiger partial charge is 0.264 e. The van der Waals surface area contributed by atoms with Crippen molar-refractivity contribution in [2.45, 2.75) is 18.9 Å². The van der Waals surface area contributed by atoms with Crippen molar-refractivity contribution in [3.05, 3.63) is 69.4 Å². The molecule has 0 fully saturated rings. The molecule has 2 aromatic carbocycles. The van der Waals surface area contributed by atoms with Crippen LogP contribution in [0.3, 0.4) is 0 Å². The van der Waals surface area contributed by atoms with Crippen LogP contribution in [0.25, 0.3) is 11.1 Å². The molecule has 0 saturated heterocycles. The Bertz CT molecular complexity index is 1060. The Kier molecular flexibility index (Phi) is 4.13. The maximum absolute atomic E-state index is 13.2. The van der Waals surface area contributed by atoms with Crippen molar-refractivity contribution in [3.63, 3.8) is 0 Å². The lowest BCUT2D eigenvalue weighted by molar-refractivity contribution is 0.0663. The lowest BCUT2D eigenvalue weighted by atomic mass is 9.76. The van der Waals surface area contributed by atoms with Crippen molar-refractivity contribution in [2.75, 3.05) is 20.8 Å². The van der Waals surface area contributed by atoms with E-state index in [4.69, 9.17) is 9.47 Å². The number of rotatable bonds is 3. The highest BCUT2D eigenvalue weighted by Crippen LogP contribution is 2.52. The van der Waals surface area contributed by atoms with Gasteiger partial charge < -0.3 is 14.4 Å². The molecule has 5 rings (SSSR count). The molecule has 0 bridgehead atoms. The number of fused-ring (bicyclic) bond motifs is 2. The molecule has 1 aromatic heterocycles. The van der Waals surface area contributed by atoms with Gasteiger partial charge in [0.25, 0.3) is 5.91 Å². The number of benzene rings is 2. The summed E-state index contributed by atoms with van der Waals surface area (Å²) in [7, 11) is 3.36. The quantitative estimate of drug-likeness (QED) is 0.648. The highest BCUT2D eigenvalue weighted by Gasteiger charge is 2.39. The second-order valence-electron chi connectivity index (χ2n) is 7.16. The summed E-state index contributed by atoms with van der Waals surface area (Å²) in [6.07, 6.45) is 1.64. The Morgan fingerprint density at radius 1 is 1.11 bits per heavy atom. The van der Waals surface area contributed by atoms with Crippen LogP contribution < -0.4 is 9.47 Å². The SMILES string of the molecule is COc1cc2c3c(c1OC)-c1ccccc1C[C@H]3N(C(=O)c1cccs1)CC2. The lowest BCUT2D eigenvalue weighted by Gasteiger charge is -2.42. The fourth-order valence-electron chi connectivity index (χ4n) is 4.62. The van der Waals surface area contributed by atoms with E-state index in [1.165, 1.54) is 33.6 Å². The van der Waals surface area contributed by atoms with E-state index >= 15 is 0 Å². The first-order chi connectivity index (χ1) is 13.7. The molecule has 2 heterocycles. The van der Waals surface area contributed by atoms with E-state index < -0.39 is 0 Å². The molecule has 1 aliphatic carbocycles. The van der Waals surface area contributed by atoms with Gasteiger partial charge in [-0.05, 0) is 52.6 Å². The number of amides is 1. The Balaban J connectivity index is 1.73. The van der Waals surface area contributed by atoms with Crippen molar-refractivity contribution in [1.29, 1.82) is 0 Å². The third-order valence-corrected chi connectivity index (χ3v) is 6.68. The van der Waals surface area contributed by atoms with Crippen LogP contribution in [0.4, 0.5) is 0 Å². The summed E-state index contributed by atoms with van der Waals surface area (Å²) in [6, 6.07) is 14.4. The minimum Gasteiger partial charge on any atom is -0.493 e. The van der Waals surface area contributed by atoms with Crippen molar-refractivity contribution in [2.24, 2.45) is 0 Å². The molecule has 28 heavy (non-hydrogen) atoms. The summed E-state index contributed by atoms with van der Waals surface area (Å²) in [6.45, 7) is 0.714. The normalized spacial score (nSPS) is 16.9. The number of hydrogen-bond donors (Lipinski definition) is 0. The highest BCUT2D eigenvalue weighted by molar-refractivity contribution is 7.12. The van der Waals surface area contributed by atoms with Gasteiger partial charge in [-0.3, -0.25) is 4.79 Å². The van der Waals surface area contributed by atoms with Crippen LogP contribution in [0.15, 0.2) is 47.8 Å². The first kappa shape index (κ1) is 17.3. The standard InChI is InChI=1S/C23H21NO3S/c1-26-18-13-15-9-10-24(23(25)19-8-5-11-28-19)17-12-14-6-3-4-7-16(14)21(20(15)17)22(18)27-2/h3-8,11,13,17H,9-10,12H2,1-2H3/t17-/m1/s1. The summed E-state index contributed by atoms with van der Waals surface area (Å²) in [5.41, 5.74) is 5.96. The van der Waals surface area contributed by atoms with Crippen molar-refractivity contribution in [3.8, 4) is 22.6 Å². The summed E-state index contributed by atoms with van der Waals surface area (Å²) >= 11 is 1.50. The molecular formula is C23H21NO3S. The topological polar surface area (TPSA) is 38.8 Å². The first-order valence-corrected chi connectivity index (χ1v) is 10.3. The molecule has 2 aliphatic rings. The fourth-order valence-corrected chi connectivity index (χ4v) is 5.30. The Labute approximate surface area is 168 Å².